The molecule has 94 valence electrons. The van der Waals surface area contributed by atoms with Crippen LogP contribution in [-0.4, -0.2) is 24.8 Å². The maximum absolute atomic E-state index is 10.4. The number of aliphatic hydroxyl groups excluding tert-OH is 1. The SMILES string of the molecule is O=[N+]([O-])c1ncn(CC(O)c2ccccc2Br)n1. The number of aliphatic hydroxyl groups is 1. The summed E-state index contributed by atoms with van der Waals surface area (Å²) in [6.07, 6.45) is 0.403. The van der Waals surface area contributed by atoms with Crippen LogP contribution < -0.4 is 0 Å². The van der Waals surface area contributed by atoms with Gasteiger partial charge in [-0.2, -0.15) is 4.68 Å². The minimum absolute atomic E-state index is 0.101. The summed E-state index contributed by atoms with van der Waals surface area (Å²) in [5.41, 5.74) is 0.690. The van der Waals surface area contributed by atoms with E-state index in [1.165, 1.54) is 11.0 Å². The van der Waals surface area contributed by atoms with Crippen molar-refractivity contribution in [3.05, 3.63) is 50.7 Å². The fraction of sp³-hybridized carbons (Fsp3) is 0.200. The molecule has 1 atom stereocenters. The van der Waals surface area contributed by atoms with Crippen LogP contribution in [0.25, 0.3) is 0 Å². The van der Waals surface area contributed by atoms with Crippen LogP contribution in [0.4, 0.5) is 5.95 Å². The topological polar surface area (TPSA) is 94.1 Å². The van der Waals surface area contributed by atoms with E-state index in [4.69, 9.17) is 0 Å². The highest BCUT2D eigenvalue weighted by Gasteiger charge is 2.17. The first kappa shape index (κ1) is 12.7. The summed E-state index contributed by atoms with van der Waals surface area (Å²) in [5.74, 6) is -0.477. The zero-order valence-electron chi connectivity index (χ0n) is 9.10. The molecule has 7 nitrogen and oxygen atoms in total. The van der Waals surface area contributed by atoms with Crippen molar-refractivity contribution in [2.45, 2.75) is 12.6 Å². The van der Waals surface area contributed by atoms with Crippen molar-refractivity contribution in [1.29, 1.82) is 0 Å². The molecule has 0 bridgehead atoms. The third kappa shape index (κ3) is 2.71. The molecule has 0 amide bonds. The largest absolute Gasteiger partial charge is 0.490 e. The molecule has 0 aliphatic carbocycles. The Bertz CT molecular complexity index is 572. The number of benzene rings is 1. The second-order valence-electron chi connectivity index (χ2n) is 3.56. The van der Waals surface area contributed by atoms with Gasteiger partial charge in [0.25, 0.3) is 0 Å². The molecule has 0 saturated carbocycles. The summed E-state index contributed by atoms with van der Waals surface area (Å²) in [4.78, 5) is 13.3. The van der Waals surface area contributed by atoms with Gasteiger partial charge in [0.1, 0.15) is 6.10 Å². The lowest BCUT2D eigenvalue weighted by atomic mass is 10.1. The second-order valence-corrected chi connectivity index (χ2v) is 4.42. The summed E-state index contributed by atoms with van der Waals surface area (Å²) in [7, 11) is 0. The highest BCUT2D eigenvalue weighted by atomic mass is 79.9. The van der Waals surface area contributed by atoms with Crippen molar-refractivity contribution in [3.8, 4) is 0 Å². The van der Waals surface area contributed by atoms with Gasteiger partial charge in [0.05, 0.1) is 6.54 Å². The van der Waals surface area contributed by atoms with Crippen LogP contribution in [0, 0.1) is 10.1 Å². The molecule has 2 rings (SSSR count). The molecule has 1 aromatic carbocycles. The summed E-state index contributed by atoms with van der Waals surface area (Å²) in [6, 6.07) is 7.20. The highest BCUT2D eigenvalue weighted by molar-refractivity contribution is 9.10. The third-order valence-corrected chi connectivity index (χ3v) is 3.03. The van der Waals surface area contributed by atoms with Crippen molar-refractivity contribution in [2.24, 2.45) is 0 Å². The number of rotatable bonds is 4. The van der Waals surface area contributed by atoms with Crippen molar-refractivity contribution < 1.29 is 10.0 Å². The molecular formula is C10H9BrN4O3. The van der Waals surface area contributed by atoms with Gasteiger partial charge < -0.3 is 15.2 Å². The monoisotopic (exact) mass is 312 g/mol. The first-order valence-electron chi connectivity index (χ1n) is 5.04. The van der Waals surface area contributed by atoms with Gasteiger partial charge in [0.2, 0.25) is 6.33 Å². The molecule has 0 saturated heterocycles. The molecular weight excluding hydrogens is 304 g/mol. The van der Waals surface area contributed by atoms with E-state index in [0.29, 0.717) is 5.56 Å². The zero-order valence-corrected chi connectivity index (χ0v) is 10.7. The van der Waals surface area contributed by atoms with Crippen LogP contribution in [0.5, 0.6) is 0 Å². The summed E-state index contributed by atoms with van der Waals surface area (Å²) in [6.45, 7) is 0.101. The Labute approximate surface area is 110 Å². The first-order chi connectivity index (χ1) is 8.58. The maximum Gasteiger partial charge on any atom is 0.490 e. The second kappa shape index (κ2) is 5.23. The lowest BCUT2D eigenvalue weighted by Crippen LogP contribution is -2.10. The molecule has 18 heavy (non-hydrogen) atoms. The predicted octanol–water partition coefficient (Wildman–Crippen LogP) is 1.68. The Morgan fingerprint density at radius 3 is 2.83 bits per heavy atom. The number of hydrogen-bond donors (Lipinski definition) is 1. The van der Waals surface area contributed by atoms with Crippen molar-refractivity contribution in [2.75, 3.05) is 0 Å². The minimum atomic E-state index is -0.818. The third-order valence-electron chi connectivity index (χ3n) is 2.31. The van der Waals surface area contributed by atoms with Gasteiger partial charge in [0.15, 0.2) is 0 Å². The molecule has 1 N–H and O–H groups in total. The lowest BCUT2D eigenvalue weighted by Gasteiger charge is -2.10. The summed E-state index contributed by atoms with van der Waals surface area (Å²) >= 11 is 3.33. The van der Waals surface area contributed by atoms with Crippen LogP contribution in [0.3, 0.4) is 0 Å². The van der Waals surface area contributed by atoms with Crippen molar-refractivity contribution >= 4 is 21.9 Å². The van der Waals surface area contributed by atoms with Crippen LogP contribution in [0.15, 0.2) is 35.1 Å². The average molecular weight is 313 g/mol. The van der Waals surface area contributed by atoms with E-state index in [0.717, 1.165) is 4.47 Å². The Morgan fingerprint density at radius 2 is 2.22 bits per heavy atom. The highest BCUT2D eigenvalue weighted by Crippen LogP contribution is 2.24. The van der Waals surface area contributed by atoms with Gasteiger partial charge in [-0.3, -0.25) is 0 Å². The predicted molar refractivity (Wildman–Crippen MR) is 65.8 cm³/mol. The molecule has 8 heteroatoms. The van der Waals surface area contributed by atoms with Gasteiger partial charge in [-0.25, -0.2) is 0 Å². The van der Waals surface area contributed by atoms with Gasteiger partial charge in [0, 0.05) is 9.57 Å². The van der Waals surface area contributed by atoms with E-state index in [1.54, 1.807) is 12.1 Å². The smallest absolute Gasteiger partial charge is 0.390 e. The first-order valence-corrected chi connectivity index (χ1v) is 5.83. The molecule has 0 fully saturated rings. The average Bonchev–Trinajstić information content (AvgIpc) is 2.78. The standard InChI is InChI=1S/C10H9BrN4O3/c11-8-4-2-1-3-7(8)9(16)5-14-6-12-10(13-14)15(17)18/h1-4,6,9,16H,5H2. The summed E-state index contributed by atoms with van der Waals surface area (Å²) in [5, 5.41) is 24.1. The number of nitro groups is 1. The quantitative estimate of drug-likeness (QED) is 0.684. The Kier molecular flexibility index (Phi) is 3.68. The van der Waals surface area contributed by atoms with E-state index in [1.807, 2.05) is 12.1 Å². The molecule has 1 aromatic heterocycles. The van der Waals surface area contributed by atoms with Crippen molar-refractivity contribution in [1.82, 2.24) is 14.8 Å². The maximum atomic E-state index is 10.4. The van der Waals surface area contributed by atoms with Crippen molar-refractivity contribution in [3.63, 3.8) is 0 Å². The fourth-order valence-electron chi connectivity index (χ4n) is 1.48. The number of halogens is 1. The molecule has 1 heterocycles. The Morgan fingerprint density at radius 1 is 1.50 bits per heavy atom. The molecule has 2 aromatic rings. The van der Waals surface area contributed by atoms with Crippen LogP contribution in [0.2, 0.25) is 0 Å². The number of aromatic nitrogens is 3. The van der Waals surface area contributed by atoms with Gasteiger partial charge >= 0.3 is 5.95 Å². The summed E-state index contributed by atoms with van der Waals surface area (Å²) < 4.78 is 2.01. The molecule has 0 aliphatic rings. The van der Waals surface area contributed by atoms with E-state index >= 15 is 0 Å². The molecule has 0 radical (unpaired) electrons. The molecule has 0 spiro atoms. The van der Waals surface area contributed by atoms with E-state index < -0.39 is 17.0 Å². The fourth-order valence-corrected chi connectivity index (χ4v) is 2.03. The molecule has 0 aliphatic heterocycles. The van der Waals surface area contributed by atoms with E-state index in [9.17, 15) is 15.2 Å². The van der Waals surface area contributed by atoms with Crippen LogP contribution in [-0.2, 0) is 6.54 Å². The van der Waals surface area contributed by atoms with Gasteiger partial charge in [-0.1, -0.05) is 39.1 Å². The number of nitrogens with zero attached hydrogens (tertiary/aromatic N) is 4. The van der Waals surface area contributed by atoms with Gasteiger partial charge in [-0.15, -0.1) is 0 Å². The Hall–Kier alpha value is -1.80. The zero-order chi connectivity index (χ0) is 13.1. The van der Waals surface area contributed by atoms with E-state index in [-0.39, 0.29) is 6.54 Å². The number of hydrogen-bond acceptors (Lipinski definition) is 5. The normalized spacial score (nSPS) is 12.3. The lowest BCUT2D eigenvalue weighted by molar-refractivity contribution is -0.394. The van der Waals surface area contributed by atoms with Gasteiger partial charge in [-0.05, 0) is 16.6 Å². The van der Waals surface area contributed by atoms with E-state index in [2.05, 4.69) is 26.0 Å². The molecule has 1 unspecified atom stereocenters. The van der Waals surface area contributed by atoms with Crippen LogP contribution >= 0.6 is 15.9 Å². The van der Waals surface area contributed by atoms with Crippen LogP contribution in [0.1, 0.15) is 11.7 Å². The Balaban J connectivity index is 2.13. The minimum Gasteiger partial charge on any atom is -0.390 e.